The molecule has 18 heavy (non-hydrogen) atoms. The Balaban J connectivity index is 2.28. The first-order chi connectivity index (χ1) is 8.46. The minimum atomic E-state index is -0.532. The lowest BCUT2D eigenvalue weighted by atomic mass is 9.86. The number of carbonyl (C=O) groups excluding carboxylic acids is 2. The van der Waals surface area contributed by atoms with E-state index < -0.39 is 5.41 Å². The third-order valence-corrected chi connectivity index (χ3v) is 3.39. The summed E-state index contributed by atoms with van der Waals surface area (Å²) in [6.45, 7) is 4.26. The van der Waals surface area contributed by atoms with Gasteiger partial charge < -0.3 is 10.6 Å². The second kappa shape index (κ2) is 4.65. The largest absolute Gasteiger partial charge is 0.351 e. The van der Waals surface area contributed by atoms with Crippen LogP contribution in [0.2, 0.25) is 0 Å². The van der Waals surface area contributed by atoms with E-state index in [-0.39, 0.29) is 11.8 Å². The Labute approximate surface area is 112 Å². The molecule has 1 heterocycles. The van der Waals surface area contributed by atoms with E-state index in [2.05, 4.69) is 23.3 Å². The molecule has 1 aliphatic rings. The summed E-state index contributed by atoms with van der Waals surface area (Å²) in [7, 11) is 0. The molecule has 0 spiro atoms. The molecule has 5 heteroatoms. The lowest BCUT2D eigenvalue weighted by Crippen LogP contribution is -2.26. The van der Waals surface area contributed by atoms with Crippen LogP contribution in [0.25, 0.3) is 0 Å². The summed E-state index contributed by atoms with van der Waals surface area (Å²) in [5, 5.41) is 5.55. The molecule has 0 bridgehead atoms. The molecule has 1 aliphatic heterocycles. The van der Waals surface area contributed by atoms with Crippen LogP contribution in [0, 0.1) is 0 Å². The number of carbonyl (C=O) groups is 2. The van der Waals surface area contributed by atoms with Crippen molar-refractivity contribution in [3.05, 3.63) is 29.3 Å². The molecule has 4 nitrogen and oxygen atoms in total. The number of nitrogens with one attached hydrogen (secondary N) is 2. The number of rotatable bonds is 3. The minimum Gasteiger partial charge on any atom is -0.351 e. The quantitative estimate of drug-likeness (QED) is 0.726. The monoisotopic (exact) mass is 264 g/mol. The van der Waals surface area contributed by atoms with Crippen molar-refractivity contribution in [2.24, 2.45) is 0 Å². The molecule has 96 valence electrons. The minimum absolute atomic E-state index is 0.0367. The Hall–Kier alpha value is -1.49. The molecule has 0 radical (unpaired) electrons. The van der Waals surface area contributed by atoms with Gasteiger partial charge in [-0.25, -0.2) is 0 Å². The number of benzene rings is 1. The molecular formula is C13H16N2O2S. The van der Waals surface area contributed by atoms with Crippen LogP contribution in [0.5, 0.6) is 0 Å². The van der Waals surface area contributed by atoms with Crippen molar-refractivity contribution in [2.75, 3.05) is 17.6 Å². The zero-order chi connectivity index (χ0) is 13.3. The summed E-state index contributed by atoms with van der Waals surface area (Å²) in [6.07, 6.45) is 0. The van der Waals surface area contributed by atoms with Gasteiger partial charge >= 0.3 is 0 Å². The van der Waals surface area contributed by atoms with Crippen LogP contribution in [0.4, 0.5) is 5.69 Å². The third-order valence-electron chi connectivity index (χ3n) is 3.17. The van der Waals surface area contributed by atoms with Crippen molar-refractivity contribution in [1.82, 2.24) is 5.32 Å². The number of anilines is 1. The molecule has 0 fully saturated rings. The van der Waals surface area contributed by atoms with Crippen molar-refractivity contribution in [3.63, 3.8) is 0 Å². The molecule has 0 aliphatic carbocycles. The van der Waals surface area contributed by atoms with E-state index in [9.17, 15) is 9.59 Å². The molecule has 2 amide bonds. The van der Waals surface area contributed by atoms with Crippen LogP contribution in [0.1, 0.15) is 29.8 Å². The Kier molecular flexibility index (Phi) is 3.34. The zero-order valence-corrected chi connectivity index (χ0v) is 11.3. The summed E-state index contributed by atoms with van der Waals surface area (Å²) < 4.78 is 0. The molecule has 0 saturated carbocycles. The summed E-state index contributed by atoms with van der Waals surface area (Å²) in [6, 6.07) is 5.30. The van der Waals surface area contributed by atoms with E-state index in [0.29, 0.717) is 17.9 Å². The van der Waals surface area contributed by atoms with E-state index in [0.717, 1.165) is 11.3 Å². The van der Waals surface area contributed by atoms with Gasteiger partial charge in [0.2, 0.25) is 5.91 Å². The lowest BCUT2D eigenvalue weighted by molar-refractivity contribution is -0.119. The predicted molar refractivity (Wildman–Crippen MR) is 74.3 cm³/mol. The molecule has 2 N–H and O–H groups in total. The van der Waals surface area contributed by atoms with Gasteiger partial charge in [0.15, 0.2) is 0 Å². The van der Waals surface area contributed by atoms with E-state index in [1.54, 1.807) is 12.1 Å². The summed E-state index contributed by atoms with van der Waals surface area (Å²) in [5.74, 6) is 0.414. The molecule has 0 unspecified atom stereocenters. The van der Waals surface area contributed by atoms with Gasteiger partial charge in [0.1, 0.15) is 0 Å². The Morgan fingerprint density at radius 2 is 2.17 bits per heavy atom. The fourth-order valence-electron chi connectivity index (χ4n) is 2.01. The number of thiol groups is 1. The van der Waals surface area contributed by atoms with Crippen molar-refractivity contribution in [2.45, 2.75) is 19.3 Å². The van der Waals surface area contributed by atoms with Crippen molar-refractivity contribution < 1.29 is 9.59 Å². The van der Waals surface area contributed by atoms with Crippen LogP contribution in [-0.4, -0.2) is 24.1 Å². The van der Waals surface area contributed by atoms with Crippen molar-refractivity contribution in [3.8, 4) is 0 Å². The maximum atomic E-state index is 11.8. The summed E-state index contributed by atoms with van der Waals surface area (Å²) >= 11 is 4.04. The van der Waals surface area contributed by atoms with Gasteiger partial charge in [-0.1, -0.05) is 6.07 Å². The van der Waals surface area contributed by atoms with Crippen LogP contribution in [-0.2, 0) is 10.2 Å². The maximum Gasteiger partial charge on any atom is 0.251 e. The Morgan fingerprint density at radius 1 is 1.44 bits per heavy atom. The fraction of sp³-hybridized carbons (Fsp3) is 0.385. The second-order valence-corrected chi connectivity index (χ2v) is 5.27. The lowest BCUT2D eigenvalue weighted by Gasteiger charge is -2.14. The maximum absolute atomic E-state index is 11.8. The molecular weight excluding hydrogens is 248 g/mol. The first-order valence-electron chi connectivity index (χ1n) is 5.82. The molecule has 1 aromatic carbocycles. The Morgan fingerprint density at radius 3 is 2.83 bits per heavy atom. The summed E-state index contributed by atoms with van der Waals surface area (Å²) in [5.41, 5.74) is 1.67. The predicted octanol–water partition coefficient (Wildman–Crippen LogP) is 1.58. The van der Waals surface area contributed by atoms with E-state index >= 15 is 0 Å². The highest BCUT2D eigenvalue weighted by Gasteiger charge is 2.38. The van der Waals surface area contributed by atoms with E-state index in [4.69, 9.17) is 0 Å². The SMILES string of the molecule is CC1(C)C(=O)Nc2cc(C(=O)NCCS)ccc21. The Bertz CT molecular complexity index is 512. The second-order valence-electron chi connectivity index (χ2n) is 4.82. The van der Waals surface area contributed by atoms with Crippen LogP contribution in [0.15, 0.2) is 18.2 Å². The average Bonchev–Trinajstić information content (AvgIpc) is 2.57. The zero-order valence-electron chi connectivity index (χ0n) is 10.4. The highest BCUT2D eigenvalue weighted by molar-refractivity contribution is 7.80. The number of fused-ring (bicyclic) bond motifs is 1. The normalized spacial score (nSPS) is 16.1. The van der Waals surface area contributed by atoms with Crippen molar-refractivity contribution in [1.29, 1.82) is 0 Å². The molecule has 2 rings (SSSR count). The van der Waals surface area contributed by atoms with Gasteiger partial charge in [0.05, 0.1) is 5.41 Å². The molecule has 0 aromatic heterocycles. The summed E-state index contributed by atoms with van der Waals surface area (Å²) in [4.78, 5) is 23.6. The van der Waals surface area contributed by atoms with Gasteiger partial charge in [-0.3, -0.25) is 9.59 Å². The number of hydrogen-bond donors (Lipinski definition) is 3. The number of hydrogen-bond acceptors (Lipinski definition) is 3. The van der Waals surface area contributed by atoms with Gasteiger partial charge in [-0.15, -0.1) is 0 Å². The van der Waals surface area contributed by atoms with Gasteiger partial charge in [-0.2, -0.15) is 12.6 Å². The standard InChI is InChI=1S/C13H16N2O2S/c1-13(2)9-4-3-8(11(16)14-5-6-18)7-10(9)15-12(13)17/h3-4,7,18H,5-6H2,1-2H3,(H,14,16)(H,15,17). The van der Waals surface area contributed by atoms with Crippen LogP contribution in [0.3, 0.4) is 0 Å². The number of amides is 2. The highest BCUT2D eigenvalue weighted by atomic mass is 32.1. The average molecular weight is 264 g/mol. The van der Waals surface area contributed by atoms with E-state index in [1.807, 2.05) is 19.9 Å². The topological polar surface area (TPSA) is 58.2 Å². The fourth-order valence-corrected chi connectivity index (χ4v) is 2.12. The van der Waals surface area contributed by atoms with Crippen LogP contribution >= 0.6 is 12.6 Å². The third kappa shape index (κ3) is 2.10. The van der Waals surface area contributed by atoms with Crippen molar-refractivity contribution >= 4 is 30.1 Å². The molecule has 0 atom stereocenters. The van der Waals surface area contributed by atoms with Gasteiger partial charge in [0, 0.05) is 23.5 Å². The molecule has 1 aromatic rings. The highest BCUT2D eigenvalue weighted by Crippen LogP contribution is 2.37. The van der Waals surface area contributed by atoms with E-state index in [1.165, 1.54) is 0 Å². The first kappa shape index (κ1) is 13.0. The first-order valence-corrected chi connectivity index (χ1v) is 6.45. The van der Waals surface area contributed by atoms with Gasteiger partial charge in [-0.05, 0) is 31.5 Å². The van der Waals surface area contributed by atoms with Gasteiger partial charge in [0.25, 0.3) is 5.91 Å². The molecule has 0 saturated heterocycles. The van der Waals surface area contributed by atoms with Crippen LogP contribution < -0.4 is 10.6 Å². The smallest absolute Gasteiger partial charge is 0.251 e.